The Labute approximate surface area is 158 Å². The van der Waals surface area contributed by atoms with Crippen molar-refractivity contribution in [1.29, 1.82) is 0 Å². The molecule has 0 atom stereocenters. The summed E-state index contributed by atoms with van der Waals surface area (Å²) < 4.78 is 2.25. The van der Waals surface area contributed by atoms with E-state index >= 15 is 0 Å². The zero-order chi connectivity index (χ0) is 18.2. The Hall–Kier alpha value is -2.80. The van der Waals surface area contributed by atoms with E-state index in [-0.39, 0.29) is 0 Å². The quantitative estimate of drug-likeness (QED) is 0.661. The van der Waals surface area contributed by atoms with Gasteiger partial charge in [-0.2, -0.15) is 9.97 Å². The molecule has 1 aliphatic carbocycles. The highest BCUT2D eigenvalue weighted by Gasteiger charge is 2.22. The molecule has 2 aliphatic rings. The molecule has 0 spiro atoms. The van der Waals surface area contributed by atoms with Crippen LogP contribution in [0.25, 0.3) is 11.0 Å². The molecule has 4 N–H and O–H groups in total. The van der Waals surface area contributed by atoms with Crippen LogP contribution in [0.2, 0.25) is 0 Å². The Kier molecular flexibility index (Phi) is 4.09. The lowest BCUT2D eigenvalue weighted by Gasteiger charge is -2.29. The molecule has 3 aromatic rings. The van der Waals surface area contributed by atoms with Crippen LogP contribution in [0.4, 0.5) is 23.1 Å². The first-order valence-electron chi connectivity index (χ1n) is 9.75. The number of nitrogens with one attached hydrogen (secondary N) is 2. The lowest BCUT2D eigenvalue weighted by Crippen LogP contribution is -2.43. The van der Waals surface area contributed by atoms with Crippen LogP contribution in [0.15, 0.2) is 36.5 Å². The lowest BCUT2D eigenvalue weighted by molar-refractivity contribution is 0.320. The number of fused-ring (bicyclic) bond motifs is 1. The van der Waals surface area contributed by atoms with Gasteiger partial charge < -0.3 is 25.8 Å². The summed E-state index contributed by atoms with van der Waals surface area (Å²) in [7, 11) is 0. The fraction of sp³-hybridized carbons (Fsp3) is 0.400. The van der Waals surface area contributed by atoms with Gasteiger partial charge in [0.25, 0.3) is 0 Å². The summed E-state index contributed by atoms with van der Waals surface area (Å²) in [6.07, 6.45) is 5.80. The van der Waals surface area contributed by atoms with Gasteiger partial charge in [0.15, 0.2) is 0 Å². The van der Waals surface area contributed by atoms with Crippen molar-refractivity contribution in [2.75, 3.05) is 42.1 Å². The molecule has 2 fully saturated rings. The fourth-order valence-corrected chi connectivity index (χ4v) is 3.88. The second-order valence-corrected chi connectivity index (χ2v) is 7.39. The van der Waals surface area contributed by atoms with Crippen LogP contribution in [0.5, 0.6) is 0 Å². The van der Waals surface area contributed by atoms with Crippen molar-refractivity contribution in [1.82, 2.24) is 19.9 Å². The molecule has 0 unspecified atom stereocenters. The minimum Gasteiger partial charge on any atom is -0.383 e. The summed E-state index contributed by atoms with van der Waals surface area (Å²) in [6, 6.07) is 11.0. The molecule has 1 aromatic carbocycles. The molecule has 0 bridgehead atoms. The van der Waals surface area contributed by atoms with Crippen LogP contribution in [-0.2, 0) is 0 Å². The Morgan fingerprint density at radius 2 is 1.81 bits per heavy atom. The first-order chi connectivity index (χ1) is 13.3. The molecule has 3 heterocycles. The minimum atomic E-state index is 0.526. The number of nitrogen functional groups attached to an aromatic ring is 1. The van der Waals surface area contributed by atoms with Crippen molar-refractivity contribution >= 4 is 34.2 Å². The van der Waals surface area contributed by atoms with E-state index in [0.717, 1.165) is 42.9 Å². The van der Waals surface area contributed by atoms with E-state index in [0.29, 0.717) is 17.8 Å². The lowest BCUT2D eigenvalue weighted by atomic mass is 9.93. The zero-order valence-electron chi connectivity index (χ0n) is 15.4. The third kappa shape index (κ3) is 3.08. The highest BCUT2D eigenvalue weighted by atomic mass is 15.2. The zero-order valence-corrected chi connectivity index (χ0v) is 15.4. The van der Waals surface area contributed by atoms with Gasteiger partial charge in [-0.3, -0.25) is 0 Å². The summed E-state index contributed by atoms with van der Waals surface area (Å²) in [5.41, 5.74) is 9.33. The molecule has 7 nitrogen and oxygen atoms in total. The fourth-order valence-electron chi connectivity index (χ4n) is 3.88. The average molecular weight is 363 g/mol. The molecule has 0 radical (unpaired) electrons. The number of hydrogen-bond donors (Lipinski definition) is 3. The molecule has 7 heteroatoms. The minimum absolute atomic E-state index is 0.526. The van der Waals surface area contributed by atoms with E-state index in [9.17, 15) is 0 Å². The maximum atomic E-state index is 6.19. The second kappa shape index (κ2) is 6.74. The van der Waals surface area contributed by atoms with Crippen LogP contribution >= 0.6 is 0 Å². The first kappa shape index (κ1) is 16.4. The Balaban J connectivity index is 1.39. The van der Waals surface area contributed by atoms with Crippen molar-refractivity contribution in [3.8, 4) is 0 Å². The molecular weight excluding hydrogens is 338 g/mol. The molecule has 2 aromatic heterocycles. The predicted octanol–water partition coefficient (Wildman–Crippen LogP) is 2.89. The van der Waals surface area contributed by atoms with Crippen molar-refractivity contribution in [3.63, 3.8) is 0 Å². The molecule has 5 rings (SSSR count). The summed E-state index contributed by atoms with van der Waals surface area (Å²) >= 11 is 0. The molecule has 27 heavy (non-hydrogen) atoms. The standard InChI is InChI=1S/C20H25N7/c21-18-17-8-11-27(16-2-1-3-16)19(17)25-20(24-18)23-14-4-6-15(7-5-14)26-12-9-22-10-13-26/h4-8,11,16,22H,1-3,9-10,12-13H2,(H3,21,23,24,25). The van der Waals surface area contributed by atoms with Crippen LogP contribution in [-0.4, -0.2) is 40.7 Å². The largest absolute Gasteiger partial charge is 0.383 e. The topological polar surface area (TPSA) is 84.0 Å². The smallest absolute Gasteiger partial charge is 0.231 e. The van der Waals surface area contributed by atoms with Crippen molar-refractivity contribution < 1.29 is 0 Å². The predicted molar refractivity (Wildman–Crippen MR) is 110 cm³/mol. The molecule has 1 saturated heterocycles. The number of rotatable bonds is 4. The van der Waals surface area contributed by atoms with Gasteiger partial charge in [0.05, 0.1) is 5.39 Å². The van der Waals surface area contributed by atoms with Crippen molar-refractivity contribution in [2.45, 2.75) is 25.3 Å². The van der Waals surface area contributed by atoms with Crippen LogP contribution in [0.3, 0.4) is 0 Å². The summed E-state index contributed by atoms with van der Waals surface area (Å²) in [4.78, 5) is 11.6. The average Bonchev–Trinajstić information content (AvgIpc) is 3.06. The number of piperazine rings is 1. The van der Waals surface area contributed by atoms with E-state index in [2.05, 4.69) is 55.5 Å². The van der Waals surface area contributed by atoms with E-state index < -0.39 is 0 Å². The highest BCUT2D eigenvalue weighted by molar-refractivity contribution is 5.88. The molecule has 1 aliphatic heterocycles. The van der Waals surface area contributed by atoms with Gasteiger partial charge in [0.1, 0.15) is 11.5 Å². The maximum Gasteiger partial charge on any atom is 0.231 e. The summed E-state index contributed by atoms with van der Waals surface area (Å²) in [5.74, 6) is 1.08. The molecule has 1 saturated carbocycles. The van der Waals surface area contributed by atoms with E-state index in [1.165, 1.54) is 24.9 Å². The number of aromatic nitrogens is 3. The van der Waals surface area contributed by atoms with E-state index in [4.69, 9.17) is 10.7 Å². The maximum absolute atomic E-state index is 6.19. The number of nitrogens with two attached hydrogens (primary N) is 1. The van der Waals surface area contributed by atoms with Gasteiger partial charge in [0.2, 0.25) is 5.95 Å². The first-order valence-corrected chi connectivity index (χ1v) is 9.75. The third-order valence-corrected chi connectivity index (χ3v) is 5.68. The molecular formula is C20H25N7. The van der Waals surface area contributed by atoms with E-state index in [1.54, 1.807) is 0 Å². The Morgan fingerprint density at radius 3 is 2.52 bits per heavy atom. The van der Waals surface area contributed by atoms with Gasteiger partial charge in [-0.1, -0.05) is 0 Å². The number of hydrogen-bond acceptors (Lipinski definition) is 6. The normalized spacial score (nSPS) is 17.9. The molecule has 140 valence electrons. The number of benzene rings is 1. The van der Waals surface area contributed by atoms with Crippen molar-refractivity contribution in [3.05, 3.63) is 36.5 Å². The van der Waals surface area contributed by atoms with Gasteiger partial charge in [-0.25, -0.2) is 0 Å². The SMILES string of the molecule is Nc1nc(Nc2ccc(N3CCNCC3)cc2)nc2c1ccn2C1CCC1. The van der Waals surface area contributed by atoms with Gasteiger partial charge >= 0.3 is 0 Å². The second-order valence-electron chi connectivity index (χ2n) is 7.39. The highest BCUT2D eigenvalue weighted by Crippen LogP contribution is 2.35. The summed E-state index contributed by atoms with van der Waals surface area (Å²) in [5, 5.41) is 7.63. The Bertz CT molecular complexity index is 937. The van der Waals surface area contributed by atoms with Crippen LogP contribution < -0.4 is 21.3 Å². The Morgan fingerprint density at radius 1 is 1.04 bits per heavy atom. The van der Waals surface area contributed by atoms with E-state index in [1.807, 2.05) is 6.07 Å². The van der Waals surface area contributed by atoms with Gasteiger partial charge in [0, 0.05) is 49.8 Å². The number of anilines is 4. The van der Waals surface area contributed by atoms with Crippen molar-refractivity contribution in [2.24, 2.45) is 0 Å². The van der Waals surface area contributed by atoms with Crippen LogP contribution in [0, 0.1) is 0 Å². The monoisotopic (exact) mass is 363 g/mol. The van der Waals surface area contributed by atoms with Gasteiger partial charge in [-0.05, 0) is 49.6 Å². The van der Waals surface area contributed by atoms with Gasteiger partial charge in [-0.15, -0.1) is 0 Å². The third-order valence-electron chi connectivity index (χ3n) is 5.68. The molecule has 0 amide bonds. The number of nitrogens with zero attached hydrogens (tertiary/aromatic N) is 4. The summed E-state index contributed by atoms with van der Waals surface area (Å²) in [6.45, 7) is 4.16. The van der Waals surface area contributed by atoms with Crippen LogP contribution in [0.1, 0.15) is 25.3 Å².